The predicted octanol–water partition coefficient (Wildman–Crippen LogP) is 4.66. The maximum Gasteiger partial charge on any atom is 0.231 e. The number of allylic oxidation sites excluding steroid dienone is 1. The van der Waals surface area contributed by atoms with E-state index in [0.29, 0.717) is 33.7 Å². The highest BCUT2D eigenvalue weighted by Gasteiger charge is 2.21. The van der Waals surface area contributed by atoms with Crippen molar-refractivity contribution in [2.75, 3.05) is 14.2 Å². The molecule has 6 nitrogen and oxygen atoms in total. The Balaban J connectivity index is 1.86. The Labute approximate surface area is 167 Å². The Bertz CT molecular complexity index is 1140. The molecule has 29 heavy (non-hydrogen) atoms. The highest BCUT2D eigenvalue weighted by Crippen LogP contribution is 2.29. The van der Waals surface area contributed by atoms with Gasteiger partial charge in [-0.15, -0.1) is 0 Å². The fraction of sp³-hybridized carbons (Fsp3) is 0.0870. The SMILES string of the molecule is COc1cc(OC)cc(C(=O)C(=Cc2ccncc2)c2nc3ccccc3o2)c1. The first kappa shape index (κ1) is 18.4. The van der Waals surface area contributed by atoms with E-state index in [-0.39, 0.29) is 11.7 Å². The number of hydrogen-bond donors (Lipinski definition) is 0. The Kier molecular flexibility index (Phi) is 5.07. The number of ether oxygens (including phenoxy) is 2. The summed E-state index contributed by atoms with van der Waals surface area (Å²) in [5, 5.41) is 0. The van der Waals surface area contributed by atoms with E-state index in [1.54, 1.807) is 36.7 Å². The maximum absolute atomic E-state index is 13.5. The van der Waals surface area contributed by atoms with E-state index in [1.807, 2.05) is 36.4 Å². The van der Waals surface area contributed by atoms with Crippen molar-refractivity contribution in [2.45, 2.75) is 0 Å². The van der Waals surface area contributed by atoms with Crippen LogP contribution in [0.15, 0.2) is 71.4 Å². The van der Waals surface area contributed by atoms with Crippen LogP contribution in [0.1, 0.15) is 21.8 Å². The lowest BCUT2D eigenvalue weighted by atomic mass is 10.0. The second-order valence-corrected chi connectivity index (χ2v) is 6.26. The number of benzene rings is 2. The lowest BCUT2D eigenvalue weighted by Gasteiger charge is -2.09. The summed E-state index contributed by atoms with van der Waals surface area (Å²) in [6.07, 6.45) is 5.06. The van der Waals surface area contributed by atoms with Gasteiger partial charge in [0.2, 0.25) is 5.89 Å². The van der Waals surface area contributed by atoms with Crippen LogP contribution in [0.4, 0.5) is 0 Å². The molecule has 4 aromatic rings. The standard InChI is InChI=1S/C23H18N2O4/c1-27-17-12-16(13-18(14-17)28-2)22(26)19(11-15-7-9-24-10-8-15)23-25-20-5-3-4-6-21(20)29-23/h3-14H,1-2H3. The quantitative estimate of drug-likeness (QED) is 0.354. The first-order valence-corrected chi connectivity index (χ1v) is 8.93. The molecule has 2 heterocycles. The first-order valence-electron chi connectivity index (χ1n) is 8.93. The predicted molar refractivity (Wildman–Crippen MR) is 110 cm³/mol. The van der Waals surface area contributed by atoms with Crippen LogP contribution >= 0.6 is 0 Å². The van der Waals surface area contributed by atoms with Crippen LogP contribution in [-0.2, 0) is 0 Å². The number of pyridine rings is 1. The van der Waals surface area contributed by atoms with Crippen molar-refractivity contribution in [2.24, 2.45) is 0 Å². The van der Waals surface area contributed by atoms with Crippen molar-refractivity contribution in [1.29, 1.82) is 0 Å². The molecule has 2 aromatic heterocycles. The third kappa shape index (κ3) is 3.87. The molecule has 0 atom stereocenters. The number of para-hydroxylation sites is 2. The van der Waals surface area contributed by atoms with Crippen LogP contribution in [0.3, 0.4) is 0 Å². The molecule has 6 heteroatoms. The molecule has 144 valence electrons. The van der Waals surface area contributed by atoms with Crippen LogP contribution in [-0.4, -0.2) is 30.0 Å². The molecule has 0 aliphatic rings. The van der Waals surface area contributed by atoms with Crippen LogP contribution < -0.4 is 9.47 Å². The first-order chi connectivity index (χ1) is 14.2. The summed E-state index contributed by atoms with van der Waals surface area (Å²) in [4.78, 5) is 22.0. The minimum Gasteiger partial charge on any atom is -0.497 e. The van der Waals surface area contributed by atoms with Gasteiger partial charge in [0.15, 0.2) is 11.4 Å². The van der Waals surface area contributed by atoms with E-state index < -0.39 is 0 Å². The second kappa shape index (κ2) is 7.98. The van der Waals surface area contributed by atoms with Crippen molar-refractivity contribution in [3.05, 3.63) is 84.0 Å². The number of ketones is 1. The topological polar surface area (TPSA) is 74.5 Å². The lowest BCUT2D eigenvalue weighted by molar-refractivity contribution is 0.105. The van der Waals surface area contributed by atoms with E-state index in [9.17, 15) is 4.79 Å². The van der Waals surface area contributed by atoms with Gasteiger partial charge in [0.05, 0.1) is 19.8 Å². The zero-order valence-electron chi connectivity index (χ0n) is 16.0. The van der Waals surface area contributed by atoms with Crippen LogP contribution in [0.25, 0.3) is 22.7 Å². The Hall–Kier alpha value is -3.93. The Morgan fingerprint density at radius 1 is 0.966 bits per heavy atom. The molecular weight excluding hydrogens is 368 g/mol. The summed E-state index contributed by atoms with van der Waals surface area (Å²) >= 11 is 0. The number of carbonyl (C=O) groups excluding carboxylic acids is 1. The number of carbonyl (C=O) groups is 1. The van der Waals surface area contributed by atoms with Gasteiger partial charge in [0, 0.05) is 24.0 Å². The fourth-order valence-electron chi connectivity index (χ4n) is 2.93. The van der Waals surface area contributed by atoms with Gasteiger partial charge < -0.3 is 13.9 Å². The molecule has 0 aliphatic heterocycles. The van der Waals surface area contributed by atoms with E-state index in [0.717, 1.165) is 5.56 Å². The van der Waals surface area contributed by atoms with Gasteiger partial charge in [0.25, 0.3) is 0 Å². The highest BCUT2D eigenvalue weighted by atomic mass is 16.5. The molecule has 0 saturated heterocycles. The van der Waals surface area contributed by atoms with Gasteiger partial charge in [-0.1, -0.05) is 12.1 Å². The van der Waals surface area contributed by atoms with Crippen LogP contribution in [0, 0.1) is 0 Å². The Morgan fingerprint density at radius 3 is 2.31 bits per heavy atom. The molecule has 0 unspecified atom stereocenters. The number of hydrogen-bond acceptors (Lipinski definition) is 6. The average molecular weight is 386 g/mol. The van der Waals surface area contributed by atoms with Gasteiger partial charge in [-0.2, -0.15) is 0 Å². The molecule has 0 aliphatic carbocycles. The number of rotatable bonds is 6. The average Bonchev–Trinajstić information content (AvgIpc) is 3.21. The number of oxazole rings is 1. The van der Waals surface area contributed by atoms with E-state index in [1.165, 1.54) is 14.2 Å². The molecule has 0 amide bonds. The van der Waals surface area contributed by atoms with Gasteiger partial charge >= 0.3 is 0 Å². The number of aromatic nitrogens is 2. The van der Waals surface area contributed by atoms with Crippen LogP contribution in [0.5, 0.6) is 11.5 Å². The summed E-state index contributed by atoms with van der Waals surface area (Å²) in [5.74, 6) is 1.03. The smallest absolute Gasteiger partial charge is 0.231 e. The van der Waals surface area contributed by atoms with Gasteiger partial charge in [-0.25, -0.2) is 4.98 Å². The molecule has 4 rings (SSSR count). The number of methoxy groups -OCH3 is 2. The normalized spacial score (nSPS) is 11.4. The van der Waals surface area contributed by atoms with Crippen molar-refractivity contribution in [3.8, 4) is 11.5 Å². The molecule has 0 bridgehead atoms. The zero-order chi connectivity index (χ0) is 20.2. The highest BCUT2D eigenvalue weighted by molar-refractivity contribution is 6.31. The Morgan fingerprint density at radius 2 is 1.66 bits per heavy atom. The number of Topliss-reactive ketones (excluding diaryl/α,β-unsaturated/α-hetero) is 1. The molecule has 0 N–H and O–H groups in total. The fourth-order valence-corrected chi connectivity index (χ4v) is 2.93. The third-order valence-electron chi connectivity index (χ3n) is 4.40. The molecule has 0 radical (unpaired) electrons. The van der Waals surface area contributed by atoms with Crippen molar-refractivity contribution >= 4 is 28.5 Å². The molecule has 0 saturated carbocycles. The van der Waals surface area contributed by atoms with Gasteiger partial charge in [-0.05, 0) is 48.0 Å². The largest absolute Gasteiger partial charge is 0.497 e. The minimum absolute atomic E-state index is 0.245. The molecule has 0 fully saturated rings. The van der Waals surface area contributed by atoms with Crippen molar-refractivity contribution in [1.82, 2.24) is 9.97 Å². The van der Waals surface area contributed by atoms with Crippen molar-refractivity contribution < 1.29 is 18.7 Å². The number of fused-ring (bicyclic) bond motifs is 1. The monoisotopic (exact) mass is 386 g/mol. The molecule has 2 aromatic carbocycles. The van der Waals surface area contributed by atoms with E-state index >= 15 is 0 Å². The summed E-state index contributed by atoms with van der Waals surface area (Å²) in [6.45, 7) is 0. The molecular formula is C23H18N2O4. The molecule has 0 spiro atoms. The van der Waals surface area contributed by atoms with Crippen molar-refractivity contribution in [3.63, 3.8) is 0 Å². The number of nitrogens with zero attached hydrogens (tertiary/aromatic N) is 2. The summed E-state index contributed by atoms with van der Waals surface area (Å²) in [5.41, 5.74) is 2.82. The second-order valence-electron chi connectivity index (χ2n) is 6.26. The van der Waals surface area contributed by atoms with Gasteiger partial charge in [-0.3, -0.25) is 9.78 Å². The van der Waals surface area contributed by atoms with E-state index in [2.05, 4.69) is 9.97 Å². The lowest BCUT2D eigenvalue weighted by Crippen LogP contribution is -2.04. The third-order valence-corrected chi connectivity index (χ3v) is 4.40. The van der Waals surface area contributed by atoms with E-state index in [4.69, 9.17) is 13.9 Å². The summed E-state index contributed by atoms with van der Waals surface area (Å²) < 4.78 is 16.5. The summed E-state index contributed by atoms with van der Waals surface area (Å²) in [6, 6.07) is 16.0. The minimum atomic E-state index is -0.259. The van der Waals surface area contributed by atoms with Gasteiger partial charge in [0.1, 0.15) is 17.0 Å². The van der Waals surface area contributed by atoms with Crippen LogP contribution in [0.2, 0.25) is 0 Å². The zero-order valence-corrected chi connectivity index (χ0v) is 16.0. The summed E-state index contributed by atoms with van der Waals surface area (Å²) in [7, 11) is 3.08. The maximum atomic E-state index is 13.5.